The molecule has 1 N–H and O–H groups in total. The quantitative estimate of drug-likeness (QED) is 0.526. The zero-order chi connectivity index (χ0) is 17.5. The summed E-state index contributed by atoms with van der Waals surface area (Å²) in [6.45, 7) is 2.57. The van der Waals surface area contributed by atoms with Gasteiger partial charge >= 0.3 is 0 Å². The third kappa shape index (κ3) is 4.67. The Hall–Kier alpha value is -3.13. The topological polar surface area (TPSA) is 29.1 Å². The molecular formula is C23H21NO. The van der Waals surface area contributed by atoms with E-state index in [-0.39, 0.29) is 5.91 Å². The van der Waals surface area contributed by atoms with Crippen LogP contribution < -0.4 is 5.32 Å². The van der Waals surface area contributed by atoms with E-state index in [0.717, 1.165) is 16.7 Å². The Labute approximate surface area is 148 Å². The summed E-state index contributed by atoms with van der Waals surface area (Å²) >= 11 is 0. The fourth-order valence-electron chi connectivity index (χ4n) is 2.60. The van der Waals surface area contributed by atoms with Crippen LogP contribution in [0.5, 0.6) is 0 Å². The van der Waals surface area contributed by atoms with Gasteiger partial charge in [0.05, 0.1) is 0 Å². The van der Waals surface area contributed by atoms with Gasteiger partial charge in [0, 0.05) is 12.1 Å². The van der Waals surface area contributed by atoms with Crippen LogP contribution in [0.4, 0.5) is 0 Å². The molecule has 0 aromatic heterocycles. The average molecular weight is 327 g/mol. The Kier molecular flexibility index (Phi) is 5.43. The van der Waals surface area contributed by atoms with E-state index < -0.39 is 0 Å². The van der Waals surface area contributed by atoms with Crippen molar-refractivity contribution in [3.63, 3.8) is 0 Å². The molecule has 0 aliphatic carbocycles. The molecule has 0 bridgehead atoms. The minimum atomic E-state index is -0.0735. The highest BCUT2D eigenvalue weighted by Gasteiger charge is 2.11. The van der Waals surface area contributed by atoms with Crippen molar-refractivity contribution in [1.82, 2.24) is 5.32 Å². The molecule has 0 spiro atoms. The summed E-state index contributed by atoms with van der Waals surface area (Å²) in [4.78, 5) is 12.8. The smallest absolute Gasteiger partial charge is 0.252 e. The number of hydrogen-bond donors (Lipinski definition) is 1. The number of amides is 1. The molecule has 124 valence electrons. The second-order valence-electron chi connectivity index (χ2n) is 6.00. The summed E-state index contributed by atoms with van der Waals surface area (Å²) in [5, 5.41) is 3.03. The van der Waals surface area contributed by atoms with E-state index in [4.69, 9.17) is 0 Å². The van der Waals surface area contributed by atoms with E-state index in [0.29, 0.717) is 12.1 Å². The Morgan fingerprint density at radius 2 is 1.44 bits per heavy atom. The first kappa shape index (κ1) is 16.7. The molecule has 3 rings (SSSR count). The van der Waals surface area contributed by atoms with E-state index in [9.17, 15) is 4.79 Å². The molecule has 2 nitrogen and oxygen atoms in total. The van der Waals surface area contributed by atoms with Crippen molar-refractivity contribution in [3.8, 4) is 0 Å². The first-order valence-corrected chi connectivity index (χ1v) is 8.38. The number of hydrogen-bond acceptors (Lipinski definition) is 1. The van der Waals surface area contributed by atoms with Crippen LogP contribution in [0.3, 0.4) is 0 Å². The molecule has 0 radical (unpaired) electrons. The Bertz CT molecular complexity index is 850. The fraction of sp³-hybridized carbons (Fsp3) is 0.0870. The number of benzene rings is 3. The van der Waals surface area contributed by atoms with E-state index >= 15 is 0 Å². The first-order chi connectivity index (χ1) is 12.2. The SMILES string of the molecule is Cc1ccc(CNC(=O)/C(=C/c2ccccc2)c2ccccc2)cc1. The lowest BCUT2D eigenvalue weighted by atomic mass is 10.0. The zero-order valence-electron chi connectivity index (χ0n) is 14.3. The van der Waals surface area contributed by atoms with Crippen LogP contribution >= 0.6 is 0 Å². The predicted octanol–water partition coefficient (Wildman–Crippen LogP) is 4.85. The second kappa shape index (κ2) is 8.11. The predicted molar refractivity (Wildman–Crippen MR) is 104 cm³/mol. The third-order valence-electron chi connectivity index (χ3n) is 4.01. The zero-order valence-corrected chi connectivity index (χ0v) is 14.3. The van der Waals surface area contributed by atoms with E-state index in [1.807, 2.05) is 78.9 Å². The van der Waals surface area contributed by atoms with Gasteiger partial charge in [-0.25, -0.2) is 0 Å². The number of aryl methyl sites for hydroxylation is 1. The van der Waals surface area contributed by atoms with Crippen LogP contribution in [0.1, 0.15) is 22.3 Å². The van der Waals surface area contributed by atoms with Crippen molar-refractivity contribution >= 4 is 17.6 Å². The average Bonchev–Trinajstić information content (AvgIpc) is 2.67. The number of rotatable bonds is 5. The van der Waals surface area contributed by atoms with Crippen LogP contribution in [0, 0.1) is 6.92 Å². The lowest BCUT2D eigenvalue weighted by Crippen LogP contribution is -2.23. The third-order valence-corrected chi connectivity index (χ3v) is 4.01. The van der Waals surface area contributed by atoms with Gasteiger partial charge in [0.2, 0.25) is 0 Å². The highest BCUT2D eigenvalue weighted by molar-refractivity contribution is 6.24. The van der Waals surface area contributed by atoms with Crippen molar-refractivity contribution in [2.24, 2.45) is 0 Å². The second-order valence-corrected chi connectivity index (χ2v) is 6.00. The Morgan fingerprint density at radius 1 is 0.840 bits per heavy atom. The number of carbonyl (C=O) groups excluding carboxylic acids is 1. The molecule has 1 amide bonds. The lowest BCUT2D eigenvalue weighted by Gasteiger charge is -2.10. The summed E-state index contributed by atoms with van der Waals surface area (Å²) in [6.07, 6.45) is 1.93. The van der Waals surface area contributed by atoms with E-state index in [1.54, 1.807) is 0 Å². The molecular weight excluding hydrogens is 306 g/mol. The van der Waals surface area contributed by atoms with Crippen molar-refractivity contribution in [3.05, 3.63) is 107 Å². The molecule has 0 aliphatic rings. The maximum atomic E-state index is 12.8. The molecule has 0 saturated heterocycles. The van der Waals surface area contributed by atoms with Gasteiger partial charge < -0.3 is 5.32 Å². The minimum absolute atomic E-state index is 0.0735. The van der Waals surface area contributed by atoms with Gasteiger partial charge in [0.25, 0.3) is 5.91 Å². The standard InChI is InChI=1S/C23H21NO/c1-18-12-14-20(15-13-18)17-24-23(25)22(21-10-6-3-7-11-21)16-19-8-4-2-5-9-19/h2-16H,17H2,1H3,(H,24,25)/b22-16+. The van der Waals surface area contributed by atoms with Crippen molar-refractivity contribution in [2.45, 2.75) is 13.5 Å². The maximum absolute atomic E-state index is 12.8. The molecule has 3 aromatic carbocycles. The van der Waals surface area contributed by atoms with Crippen molar-refractivity contribution < 1.29 is 4.79 Å². The molecule has 0 heterocycles. The summed E-state index contributed by atoms with van der Waals surface area (Å²) in [6, 6.07) is 27.9. The number of nitrogens with one attached hydrogen (secondary N) is 1. The normalized spacial score (nSPS) is 11.2. The van der Waals surface area contributed by atoms with Gasteiger partial charge in [-0.3, -0.25) is 4.79 Å². The van der Waals surface area contributed by atoms with Crippen LogP contribution in [0.25, 0.3) is 11.6 Å². The van der Waals surface area contributed by atoms with Crippen molar-refractivity contribution in [2.75, 3.05) is 0 Å². The molecule has 0 saturated carbocycles. The Balaban J connectivity index is 1.82. The van der Waals surface area contributed by atoms with Crippen molar-refractivity contribution in [1.29, 1.82) is 0 Å². The largest absolute Gasteiger partial charge is 0.348 e. The summed E-state index contributed by atoms with van der Waals surface area (Å²) in [7, 11) is 0. The van der Waals surface area contributed by atoms with Gasteiger partial charge in [-0.15, -0.1) is 0 Å². The summed E-state index contributed by atoms with van der Waals surface area (Å²) < 4.78 is 0. The van der Waals surface area contributed by atoms with E-state index in [2.05, 4.69) is 24.4 Å². The lowest BCUT2D eigenvalue weighted by molar-refractivity contribution is -0.115. The van der Waals surface area contributed by atoms with E-state index in [1.165, 1.54) is 5.56 Å². The van der Waals surface area contributed by atoms with Crippen LogP contribution in [-0.2, 0) is 11.3 Å². The van der Waals surface area contributed by atoms with Gasteiger partial charge in [-0.2, -0.15) is 0 Å². The molecule has 0 atom stereocenters. The fourth-order valence-corrected chi connectivity index (χ4v) is 2.60. The highest BCUT2D eigenvalue weighted by Crippen LogP contribution is 2.18. The van der Waals surface area contributed by atoms with Gasteiger partial charge in [0.15, 0.2) is 0 Å². The molecule has 0 fully saturated rings. The first-order valence-electron chi connectivity index (χ1n) is 8.38. The Morgan fingerprint density at radius 3 is 2.08 bits per heavy atom. The minimum Gasteiger partial charge on any atom is -0.348 e. The highest BCUT2D eigenvalue weighted by atomic mass is 16.1. The van der Waals surface area contributed by atoms with Crippen LogP contribution in [-0.4, -0.2) is 5.91 Å². The van der Waals surface area contributed by atoms with Gasteiger partial charge in [-0.1, -0.05) is 90.5 Å². The number of carbonyl (C=O) groups is 1. The van der Waals surface area contributed by atoms with Crippen LogP contribution in [0.2, 0.25) is 0 Å². The molecule has 25 heavy (non-hydrogen) atoms. The van der Waals surface area contributed by atoms with Crippen LogP contribution in [0.15, 0.2) is 84.9 Å². The summed E-state index contributed by atoms with van der Waals surface area (Å²) in [5.41, 5.74) is 4.88. The van der Waals surface area contributed by atoms with Gasteiger partial charge in [-0.05, 0) is 29.7 Å². The molecule has 0 aliphatic heterocycles. The monoisotopic (exact) mass is 327 g/mol. The molecule has 0 unspecified atom stereocenters. The molecule has 2 heteroatoms. The summed E-state index contributed by atoms with van der Waals surface area (Å²) in [5.74, 6) is -0.0735. The maximum Gasteiger partial charge on any atom is 0.252 e. The van der Waals surface area contributed by atoms with Gasteiger partial charge in [0.1, 0.15) is 0 Å². The molecule has 3 aromatic rings.